The van der Waals surface area contributed by atoms with Gasteiger partial charge in [-0.15, -0.1) is 0 Å². The lowest BCUT2D eigenvalue weighted by Crippen LogP contribution is -2.45. The highest BCUT2D eigenvalue weighted by Crippen LogP contribution is 2.38. The van der Waals surface area contributed by atoms with E-state index < -0.39 is 0 Å². The van der Waals surface area contributed by atoms with Gasteiger partial charge in [-0.1, -0.05) is 17.7 Å². The van der Waals surface area contributed by atoms with Gasteiger partial charge < -0.3 is 4.90 Å². The van der Waals surface area contributed by atoms with E-state index in [0.29, 0.717) is 16.8 Å². The summed E-state index contributed by atoms with van der Waals surface area (Å²) in [6.07, 6.45) is 1.74. The van der Waals surface area contributed by atoms with Crippen molar-refractivity contribution in [3.05, 3.63) is 64.6 Å². The van der Waals surface area contributed by atoms with Crippen LogP contribution < -0.4 is 4.90 Å². The summed E-state index contributed by atoms with van der Waals surface area (Å²) in [5.74, 6) is 0. The number of rotatable bonds is 1. The number of pyridine rings is 2. The highest BCUT2D eigenvalue weighted by molar-refractivity contribution is 6.29. The van der Waals surface area contributed by atoms with Crippen LogP contribution >= 0.6 is 11.6 Å². The summed E-state index contributed by atoms with van der Waals surface area (Å²) in [6, 6.07) is 14.5. The van der Waals surface area contributed by atoms with Crippen molar-refractivity contribution < 1.29 is 0 Å². The fourth-order valence-electron chi connectivity index (χ4n) is 4.16. The average molecular weight is 362 g/mol. The van der Waals surface area contributed by atoms with Crippen molar-refractivity contribution in [3.63, 3.8) is 0 Å². The first-order valence-electron chi connectivity index (χ1n) is 8.67. The van der Waals surface area contributed by atoms with Gasteiger partial charge in [-0.05, 0) is 35.9 Å². The second kappa shape index (κ2) is 5.94. The average Bonchev–Trinajstić information content (AvgIpc) is 3.03. The first-order valence-corrected chi connectivity index (χ1v) is 9.04. The molecule has 6 heteroatoms. The third kappa shape index (κ3) is 2.34. The van der Waals surface area contributed by atoms with Crippen molar-refractivity contribution >= 4 is 28.2 Å². The lowest BCUT2D eigenvalue weighted by atomic mass is 10.0. The van der Waals surface area contributed by atoms with Crippen molar-refractivity contribution in [2.45, 2.75) is 12.6 Å². The number of halogens is 1. The minimum absolute atomic E-state index is 0.325. The number of aromatic nitrogens is 2. The fourth-order valence-corrected chi connectivity index (χ4v) is 4.32. The molecule has 1 aromatic carbocycles. The van der Waals surface area contributed by atoms with Crippen LogP contribution in [0.3, 0.4) is 0 Å². The molecule has 0 spiro atoms. The van der Waals surface area contributed by atoms with E-state index in [0.717, 1.165) is 48.5 Å². The molecule has 1 unspecified atom stereocenters. The first kappa shape index (κ1) is 15.6. The molecule has 1 atom stereocenters. The predicted molar refractivity (Wildman–Crippen MR) is 101 cm³/mol. The quantitative estimate of drug-likeness (QED) is 0.620. The van der Waals surface area contributed by atoms with Gasteiger partial charge in [0, 0.05) is 43.4 Å². The molecule has 3 aromatic rings. The minimum atomic E-state index is 0.325. The third-order valence-corrected chi connectivity index (χ3v) is 5.60. The maximum absolute atomic E-state index is 9.36. The Morgan fingerprint density at radius 2 is 2.08 bits per heavy atom. The SMILES string of the molecule is N#Cc1ccc(N2CCN3Cc4nc(Cl)ccc4C3C2)c2cccnc12. The summed E-state index contributed by atoms with van der Waals surface area (Å²) in [5.41, 5.74) is 4.90. The Labute approximate surface area is 156 Å². The number of anilines is 1. The Morgan fingerprint density at radius 3 is 2.96 bits per heavy atom. The van der Waals surface area contributed by atoms with Crippen LogP contribution in [0, 0.1) is 11.3 Å². The normalized spacial score (nSPS) is 19.2. The Hall–Kier alpha value is -2.68. The van der Waals surface area contributed by atoms with E-state index in [9.17, 15) is 5.26 Å². The lowest BCUT2D eigenvalue weighted by molar-refractivity contribution is 0.194. The van der Waals surface area contributed by atoms with E-state index in [4.69, 9.17) is 11.6 Å². The van der Waals surface area contributed by atoms with Crippen LogP contribution in [-0.2, 0) is 6.54 Å². The van der Waals surface area contributed by atoms with Gasteiger partial charge in [0.2, 0.25) is 0 Å². The topological polar surface area (TPSA) is 56.1 Å². The molecule has 4 heterocycles. The van der Waals surface area contributed by atoms with Crippen molar-refractivity contribution in [1.82, 2.24) is 14.9 Å². The molecule has 0 N–H and O–H groups in total. The summed E-state index contributed by atoms with van der Waals surface area (Å²) in [6.45, 7) is 3.67. The van der Waals surface area contributed by atoms with E-state index in [2.05, 4.69) is 38.0 Å². The zero-order valence-electron chi connectivity index (χ0n) is 14.1. The summed E-state index contributed by atoms with van der Waals surface area (Å²) in [5, 5.41) is 11.0. The fraction of sp³-hybridized carbons (Fsp3) is 0.250. The van der Waals surface area contributed by atoms with Crippen molar-refractivity contribution in [2.24, 2.45) is 0 Å². The molecule has 1 fully saturated rings. The first-order chi connectivity index (χ1) is 12.7. The van der Waals surface area contributed by atoms with Crippen LogP contribution in [0.15, 0.2) is 42.6 Å². The molecule has 5 nitrogen and oxygen atoms in total. The van der Waals surface area contributed by atoms with Crippen LogP contribution in [0.4, 0.5) is 5.69 Å². The standard InChI is InChI=1S/C20H16ClN5/c21-19-6-4-14-16(24-19)11-25-8-9-26(12-18(14)25)17-5-3-13(10-22)20-15(17)2-1-7-23-20/h1-7,18H,8-9,11-12H2. The molecule has 0 amide bonds. The van der Waals surface area contributed by atoms with Crippen LogP contribution in [0.5, 0.6) is 0 Å². The summed E-state index contributed by atoms with van der Waals surface area (Å²) >= 11 is 6.07. The number of hydrogen-bond acceptors (Lipinski definition) is 5. The number of benzene rings is 1. The predicted octanol–water partition coefficient (Wildman–Crippen LogP) is 3.53. The molecule has 0 saturated carbocycles. The van der Waals surface area contributed by atoms with Gasteiger partial charge in [-0.2, -0.15) is 5.26 Å². The highest BCUT2D eigenvalue weighted by atomic mass is 35.5. The number of hydrogen-bond donors (Lipinski definition) is 0. The number of nitrogens with zero attached hydrogens (tertiary/aromatic N) is 5. The third-order valence-electron chi connectivity index (χ3n) is 5.39. The van der Waals surface area contributed by atoms with Gasteiger partial charge in [0.05, 0.1) is 22.8 Å². The molecule has 1 saturated heterocycles. The number of nitriles is 1. The highest BCUT2D eigenvalue weighted by Gasteiger charge is 2.36. The molecule has 26 heavy (non-hydrogen) atoms. The van der Waals surface area contributed by atoms with Crippen molar-refractivity contribution in [3.8, 4) is 6.07 Å². The minimum Gasteiger partial charge on any atom is -0.368 e. The molecule has 0 bridgehead atoms. The molecule has 5 rings (SSSR count). The summed E-state index contributed by atoms with van der Waals surface area (Å²) < 4.78 is 0. The maximum Gasteiger partial charge on any atom is 0.129 e. The monoisotopic (exact) mass is 361 g/mol. The Kier molecular flexibility index (Phi) is 3.56. The summed E-state index contributed by atoms with van der Waals surface area (Å²) in [7, 11) is 0. The van der Waals surface area contributed by atoms with Crippen LogP contribution in [0.2, 0.25) is 5.15 Å². The Balaban J connectivity index is 1.54. The molecule has 2 aliphatic heterocycles. The van der Waals surface area contributed by atoms with Crippen LogP contribution in [-0.4, -0.2) is 34.5 Å². The molecular formula is C20H16ClN5. The zero-order chi connectivity index (χ0) is 17.7. The van der Waals surface area contributed by atoms with Gasteiger partial charge in [0.25, 0.3) is 0 Å². The van der Waals surface area contributed by atoms with Gasteiger partial charge in [0.15, 0.2) is 0 Å². The molecule has 2 aliphatic rings. The molecule has 0 radical (unpaired) electrons. The van der Waals surface area contributed by atoms with E-state index in [1.54, 1.807) is 6.20 Å². The second-order valence-electron chi connectivity index (χ2n) is 6.75. The van der Waals surface area contributed by atoms with E-state index in [-0.39, 0.29) is 0 Å². The maximum atomic E-state index is 9.36. The molecule has 128 valence electrons. The smallest absolute Gasteiger partial charge is 0.129 e. The van der Waals surface area contributed by atoms with Gasteiger partial charge >= 0.3 is 0 Å². The molecule has 0 aliphatic carbocycles. The van der Waals surface area contributed by atoms with Gasteiger partial charge in [-0.3, -0.25) is 9.88 Å². The van der Waals surface area contributed by atoms with Gasteiger partial charge in [0.1, 0.15) is 11.2 Å². The second-order valence-corrected chi connectivity index (χ2v) is 7.13. The zero-order valence-corrected chi connectivity index (χ0v) is 14.8. The van der Waals surface area contributed by atoms with Crippen molar-refractivity contribution in [2.75, 3.05) is 24.5 Å². The number of fused-ring (bicyclic) bond motifs is 4. The van der Waals surface area contributed by atoms with Crippen molar-refractivity contribution in [1.29, 1.82) is 5.26 Å². The molecular weight excluding hydrogens is 346 g/mol. The molecule has 2 aromatic heterocycles. The van der Waals surface area contributed by atoms with Crippen LogP contribution in [0.1, 0.15) is 22.9 Å². The van der Waals surface area contributed by atoms with Gasteiger partial charge in [-0.25, -0.2) is 4.98 Å². The largest absolute Gasteiger partial charge is 0.368 e. The van der Waals surface area contributed by atoms with E-state index >= 15 is 0 Å². The van der Waals surface area contributed by atoms with Crippen LogP contribution in [0.25, 0.3) is 10.9 Å². The van der Waals surface area contributed by atoms with E-state index in [1.807, 2.05) is 24.3 Å². The Morgan fingerprint density at radius 1 is 1.15 bits per heavy atom. The summed E-state index contributed by atoms with van der Waals surface area (Å²) in [4.78, 5) is 13.8. The lowest BCUT2D eigenvalue weighted by Gasteiger charge is -2.39. The van der Waals surface area contributed by atoms with E-state index in [1.165, 1.54) is 5.56 Å². The Bertz CT molecular complexity index is 1060. The number of piperazine rings is 1.